The molecule has 122 valence electrons. The molecule has 3 rings (SSSR count). The van der Waals surface area contributed by atoms with E-state index in [1.807, 2.05) is 0 Å². The maximum atomic E-state index is 12.3. The van der Waals surface area contributed by atoms with Crippen LogP contribution in [-0.2, 0) is 0 Å². The molecule has 2 heterocycles. The van der Waals surface area contributed by atoms with Crippen molar-refractivity contribution in [2.45, 2.75) is 0 Å². The van der Waals surface area contributed by atoms with Crippen molar-refractivity contribution in [2.24, 2.45) is 0 Å². The Balaban J connectivity index is 1.75. The first-order chi connectivity index (χ1) is 11.7. The van der Waals surface area contributed by atoms with E-state index in [1.54, 1.807) is 36.7 Å². The largest absolute Gasteiger partial charge is 0.493 e. The Morgan fingerprint density at radius 2 is 1.88 bits per heavy atom. The van der Waals surface area contributed by atoms with E-state index >= 15 is 0 Å². The molecule has 0 fully saturated rings. The Morgan fingerprint density at radius 3 is 2.50 bits per heavy atom. The van der Waals surface area contributed by atoms with Gasteiger partial charge in [-0.3, -0.25) is 4.79 Å². The first-order valence-electron chi connectivity index (χ1n) is 7.06. The zero-order valence-corrected chi connectivity index (χ0v) is 13.1. The van der Waals surface area contributed by atoms with Gasteiger partial charge in [0.2, 0.25) is 0 Å². The van der Waals surface area contributed by atoms with Crippen molar-refractivity contribution in [3.05, 3.63) is 54.6 Å². The van der Waals surface area contributed by atoms with Gasteiger partial charge in [0, 0.05) is 18.0 Å². The summed E-state index contributed by atoms with van der Waals surface area (Å²) in [4.78, 5) is 20.6. The summed E-state index contributed by atoms with van der Waals surface area (Å²) in [6.07, 6.45) is 6.40. The van der Waals surface area contributed by atoms with Crippen molar-refractivity contribution in [3.8, 4) is 17.4 Å². The zero-order valence-electron chi connectivity index (χ0n) is 13.1. The second-order valence-electron chi connectivity index (χ2n) is 4.75. The van der Waals surface area contributed by atoms with Crippen LogP contribution in [0.5, 0.6) is 11.5 Å². The van der Waals surface area contributed by atoms with E-state index in [2.05, 4.69) is 20.4 Å². The molecule has 24 heavy (non-hydrogen) atoms. The SMILES string of the molecule is COc1ccc(C(=O)Nc2cnc(-n3cccn3)nc2)cc1OC. The molecule has 0 saturated carbocycles. The highest BCUT2D eigenvalue weighted by atomic mass is 16.5. The van der Waals surface area contributed by atoms with Crippen LogP contribution >= 0.6 is 0 Å². The highest BCUT2D eigenvalue weighted by molar-refractivity contribution is 6.04. The number of hydrogen-bond acceptors (Lipinski definition) is 6. The Morgan fingerprint density at radius 1 is 1.12 bits per heavy atom. The number of aromatic nitrogens is 4. The van der Waals surface area contributed by atoms with E-state index in [9.17, 15) is 4.79 Å². The molecule has 0 aliphatic carbocycles. The smallest absolute Gasteiger partial charge is 0.255 e. The van der Waals surface area contributed by atoms with Crippen molar-refractivity contribution < 1.29 is 14.3 Å². The maximum Gasteiger partial charge on any atom is 0.255 e. The van der Waals surface area contributed by atoms with Crippen LogP contribution < -0.4 is 14.8 Å². The summed E-state index contributed by atoms with van der Waals surface area (Å²) >= 11 is 0. The van der Waals surface area contributed by atoms with Crippen LogP contribution in [0.15, 0.2) is 49.1 Å². The van der Waals surface area contributed by atoms with Gasteiger partial charge in [-0.1, -0.05) is 0 Å². The number of nitrogens with zero attached hydrogens (tertiary/aromatic N) is 4. The van der Waals surface area contributed by atoms with E-state index in [-0.39, 0.29) is 5.91 Å². The van der Waals surface area contributed by atoms with Crippen LogP contribution in [0.1, 0.15) is 10.4 Å². The molecule has 0 spiro atoms. The fourth-order valence-corrected chi connectivity index (χ4v) is 2.07. The number of nitrogens with one attached hydrogen (secondary N) is 1. The van der Waals surface area contributed by atoms with Gasteiger partial charge in [0.05, 0.1) is 32.3 Å². The molecule has 2 aromatic heterocycles. The minimum Gasteiger partial charge on any atom is -0.493 e. The Labute approximate surface area is 138 Å². The zero-order chi connectivity index (χ0) is 16.9. The summed E-state index contributed by atoms with van der Waals surface area (Å²) < 4.78 is 11.9. The lowest BCUT2D eigenvalue weighted by Gasteiger charge is -2.10. The number of carbonyl (C=O) groups excluding carboxylic acids is 1. The summed E-state index contributed by atoms with van der Waals surface area (Å²) in [6.45, 7) is 0. The lowest BCUT2D eigenvalue weighted by atomic mass is 10.2. The molecular weight excluding hydrogens is 310 g/mol. The van der Waals surface area contributed by atoms with Crippen LogP contribution in [0.25, 0.3) is 5.95 Å². The van der Waals surface area contributed by atoms with Gasteiger partial charge in [-0.15, -0.1) is 0 Å². The Kier molecular flexibility index (Phi) is 4.37. The molecular formula is C16H15N5O3. The van der Waals surface area contributed by atoms with Crippen LogP contribution in [0, 0.1) is 0 Å². The number of carbonyl (C=O) groups is 1. The summed E-state index contributed by atoms with van der Waals surface area (Å²) in [6, 6.07) is 6.70. The van der Waals surface area contributed by atoms with Crippen LogP contribution in [-0.4, -0.2) is 39.9 Å². The number of benzene rings is 1. The third-order valence-electron chi connectivity index (χ3n) is 3.25. The van der Waals surface area contributed by atoms with Gasteiger partial charge in [-0.25, -0.2) is 14.6 Å². The van der Waals surface area contributed by atoms with Crippen LogP contribution in [0.4, 0.5) is 5.69 Å². The maximum absolute atomic E-state index is 12.3. The van der Waals surface area contributed by atoms with Gasteiger partial charge in [0.15, 0.2) is 11.5 Å². The lowest BCUT2D eigenvalue weighted by molar-refractivity contribution is 0.102. The molecule has 0 unspecified atom stereocenters. The number of amides is 1. The van der Waals surface area contributed by atoms with Crippen molar-refractivity contribution in [1.82, 2.24) is 19.7 Å². The third-order valence-corrected chi connectivity index (χ3v) is 3.25. The fraction of sp³-hybridized carbons (Fsp3) is 0.125. The molecule has 0 aliphatic heterocycles. The number of hydrogen-bond donors (Lipinski definition) is 1. The monoisotopic (exact) mass is 325 g/mol. The minimum absolute atomic E-state index is 0.300. The van der Waals surface area contributed by atoms with Gasteiger partial charge < -0.3 is 14.8 Å². The molecule has 0 bridgehead atoms. The summed E-state index contributed by atoms with van der Waals surface area (Å²) in [5, 5.41) is 6.77. The Hall–Kier alpha value is -3.42. The van der Waals surface area contributed by atoms with E-state index in [0.29, 0.717) is 28.7 Å². The first-order valence-corrected chi connectivity index (χ1v) is 7.06. The quantitative estimate of drug-likeness (QED) is 0.771. The number of rotatable bonds is 5. The average Bonchev–Trinajstić information content (AvgIpc) is 3.16. The molecule has 1 aromatic carbocycles. The lowest BCUT2D eigenvalue weighted by Crippen LogP contribution is -2.13. The topological polar surface area (TPSA) is 91.2 Å². The van der Waals surface area contributed by atoms with E-state index in [4.69, 9.17) is 9.47 Å². The van der Waals surface area contributed by atoms with Crippen molar-refractivity contribution >= 4 is 11.6 Å². The molecule has 0 saturated heterocycles. The third kappa shape index (κ3) is 3.17. The van der Waals surface area contributed by atoms with E-state index < -0.39 is 0 Å². The molecule has 1 amide bonds. The summed E-state index contributed by atoms with van der Waals surface area (Å²) in [5.74, 6) is 1.16. The molecule has 8 nitrogen and oxygen atoms in total. The number of ether oxygens (including phenoxy) is 2. The molecule has 8 heteroatoms. The van der Waals surface area contributed by atoms with Crippen molar-refractivity contribution in [1.29, 1.82) is 0 Å². The van der Waals surface area contributed by atoms with Gasteiger partial charge in [0.25, 0.3) is 11.9 Å². The van der Waals surface area contributed by atoms with Gasteiger partial charge >= 0.3 is 0 Å². The minimum atomic E-state index is -0.300. The predicted molar refractivity (Wildman–Crippen MR) is 86.7 cm³/mol. The first kappa shape index (κ1) is 15.5. The molecule has 3 aromatic rings. The van der Waals surface area contributed by atoms with Crippen molar-refractivity contribution in [3.63, 3.8) is 0 Å². The van der Waals surface area contributed by atoms with E-state index in [0.717, 1.165) is 0 Å². The van der Waals surface area contributed by atoms with Crippen molar-refractivity contribution in [2.75, 3.05) is 19.5 Å². The summed E-state index contributed by atoms with van der Waals surface area (Å²) in [5.41, 5.74) is 0.912. The molecule has 0 radical (unpaired) electrons. The van der Waals surface area contributed by atoms with Crippen LogP contribution in [0.3, 0.4) is 0 Å². The molecule has 1 N–H and O–H groups in total. The standard InChI is InChI=1S/C16H15N5O3/c1-23-13-5-4-11(8-14(13)24-2)15(22)20-12-9-17-16(18-10-12)21-7-3-6-19-21/h3-10H,1-2H3,(H,20,22). The normalized spacial score (nSPS) is 10.2. The van der Waals surface area contributed by atoms with E-state index in [1.165, 1.54) is 31.3 Å². The Bertz CT molecular complexity index is 831. The van der Waals surface area contributed by atoms with Crippen LogP contribution in [0.2, 0.25) is 0 Å². The van der Waals surface area contributed by atoms with Gasteiger partial charge in [-0.05, 0) is 24.3 Å². The molecule has 0 aliphatic rings. The highest BCUT2D eigenvalue weighted by Gasteiger charge is 2.11. The van der Waals surface area contributed by atoms with Gasteiger partial charge in [-0.2, -0.15) is 5.10 Å². The highest BCUT2D eigenvalue weighted by Crippen LogP contribution is 2.27. The average molecular weight is 325 g/mol. The second kappa shape index (κ2) is 6.78. The molecule has 0 atom stereocenters. The number of methoxy groups -OCH3 is 2. The second-order valence-corrected chi connectivity index (χ2v) is 4.75. The predicted octanol–water partition coefficient (Wildman–Crippen LogP) is 1.93. The van der Waals surface area contributed by atoms with Gasteiger partial charge in [0.1, 0.15) is 0 Å². The summed E-state index contributed by atoms with van der Waals surface area (Å²) in [7, 11) is 3.05. The fourth-order valence-electron chi connectivity index (χ4n) is 2.07. The number of anilines is 1.